The molecule has 1 aromatic carbocycles. The number of rotatable bonds is 6. The molecule has 0 N–H and O–H groups in total. The van der Waals surface area contributed by atoms with Gasteiger partial charge in [0.25, 0.3) is 5.69 Å². The van der Waals surface area contributed by atoms with Crippen LogP contribution in [0.25, 0.3) is 5.69 Å². The largest absolute Gasteiger partial charge is 0.460 e. The third-order valence-electron chi connectivity index (χ3n) is 2.59. The van der Waals surface area contributed by atoms with Gasteiger partial charge in [0.15, 0.2) is 0 Å². The minimum Gasteiger partial charge on any atom is -0.460 e. The van der Waals surface area contributed by atoms with Crippen LogP contribution in [0.2, 0.25) is 0 Å². The molecule has 2 rings (SSSR count). The number of methoxy groups -OCH3 is 1. The minimum atomic E-state index is -0.653. The van der Waals surface area contributed by atoms with Crippen molar-refractivity contribution in [3.05, 3.63) is 46.5 Å². The van der Waals surface area contributed by atoms with Gasteiger partial charge in [0.05, 0.1) is 17.1 Å². The van der Waals surface area contributed by atoms with E-state index in [9.17, 15) is 14.9 Å². The minimum absolute atomic E-state index is 0.0773. The third kappa shape index (κ3) is 3.39. The van der Waals surface area contributed by atoms with Crippen LogP contribution in [0, 0.1) is 10.1 Å². The van der Waals surface area contributed by atoms with Crippen LogP contribution in [-0.2, 0) is 9.47 Å². The van der Waals surface area contributed by atoms with E-state index >= 15 is 0 Å². The molecule has 0 aliphatic rings. The van der Waals surface area contributed by atoms with Crippen LogP contribution in [0.3, 0.4) is 0 Å². The molecule has 110 valence electrons. The van der Waals surface area contributed by atoms with Gasteiger partial charge in [0.2, 0.25) is 0 Å². The number of aromatic nitrogens is 3. The van der Waals surface area contributed by atoms with Gasteiger partial charge in [-0.15, -0.1) is 0 Å². The zero-order valence-electron chi connectivity index (χ0n) is 11.1. The van der Waals surface area contributed by atoms with Crippen molar-refractivity contribution in [3.8, 4) is 5.69 Å². The molecule has 0 radical (unpaired) electrons. The summed E-state index contributed by atoms with van der Waals surface area (Å²) in [7, 11) is 1.48. The Bertz CT molecular complexity index is 641. The lowest BCUT2D eigenvalue weighted by molar-refractivity contribution is -0.384. The number of nitro groups is 1. The van der Waals surface area contributed by atoms with Crippen molar-refractivity contribution in [2.24, 2.45) is 0 Å². The van der Waals surface area contributed by atoms with E-state index in [-0.39, 0.29) is 30.2 Å². The smallest absolute Gasteiger partial charge is 0.338 e. The number of esters is 1. The van der Waals surface area contributed by atoms with Gasteiger partial charge in [0, 0.05) is 13.2 Å². The fourth-order valence-corrected chi connectivity index (χ4v) is 1.62. The molecule has 0 saturated heterocycles. The quantitative estimate of drug-likeness (QED) is 0.338. The summed E-state index contributed by atoms with van der Waals surface area (Å²) in [6.45, 7) is 0.332. The van der Waals surface area contributed by atoms with Crippen molar-refractivity contribution in [2.45, 2.75) is 0 Å². The van der Waals surface area contributed by atoms with Gasteiger partial charge in [-0.05, 0) is 12.1 Å². The Morgan fingerprint density at radius 1 is 1.43 bits per heavy atom. The SMILES string of the molecule is COCCOC(=O)c1ccc(-n2cncn2)c([N+](=O)[O-])c1. The number of nitro benzene ring substituents is 1. The van der Waals surface area contributed by atoms with Crippen LogP contribution in [0.1, 0.15) is 10.4 Å². The van der Waals surface area contributed by atoms with E-state index in [2.05, 4.69) is 10.1 Å². The van der Waals surface area contributed by atoms with Crippen molar-refractivity contribution in [2.75, 3.05) is 20.3 Å². The molecule has 0 saturated carbocycles. The zero-order valence-corrected chi connectivity index (χ0v) is 11.1. The summed E-state index contributed by atoms with van der Waals surface area (Å²) in [6, 6.07) is 3.99. The van der Waals surface area contributed by atoms with Crippen LogP contribution < -0.4 is 0 Å². The fraction of sp³-hybridized carbons (Fsp3) is 0.250. The maximum atomic E-state index is 11.8. The topological polar surface area (TPSA) is 109 Å². The Hall–Kier alpha value is -2.81. The second-order valence-electron chi connectivity index (χ2n) is 3.93. The van der Waals surface area contributed by atoms with E-state index in [1.807, 2.05) is 0 Å². The molecule has 2 aromatic rings. The van der Waals surface area contributed by atoms with E-state index in [1.165, 1.54) is 36.6 Å². The standard InChI is InChI=1S/C12H12N4O5/c1-20-4-5-21-12(17)9-2-3-10(11(6-9)16(18)19)15-8-13-7-14-15/h2-3,6-8H,4-5H2,1H3. The highest BCUT2D eigenvalue weighted by atomic mass is 16.6. The maximum Gasteiger partial charge on any atom is 0.338 e. The zero-order chi connectivity index (χ0) is 15.2. The van der Waals surface area contributed by atoms with Crippen molar-refractivity contribution in [1.29, 1.82) is 0 Å². The average molecular weight is 292 g/mol. The van der Waals surface area contributed by atoms with Crippen LogP contribution >= 0.6 is 0 Å². The summed E-state index contributed by atoms with van der Waals surface area (Å²) < 4.78 is 10.9. The molecular weight excluding hydrogens is 280 g/mol. The Kier molecular flexibility index (Phi) is 4.57. The summed E-state index contributed by atoms with van der Waals surface area (Å²) in [5.41, 5.74) is 0.0364. The predicted octanol–water partition coefficient (Wildman–Crippen LogP) is 0.979. The average Bonchev–Trinajstić information content (AvgIpc) is 3.00. The van der Waals surface area contributed by atoms with Crippen LogP contribution in [0.4, 0.5) is 5.69 Å². The fourth-order valence-electron chi connectivity index (χ4n) is 1.62. The summed E-state index contributed by atoms with van der Waals surface area (Å²) in [5.74, 6) is -0.653. The second-order valence-corrected chi connectivity index (χ2v) is 3.93. The van der Waals surface area contributed by atoms with Gasteiger partial charge in [0.1, 0.15) is 24.9 Å². The van der Waals surface area contributed by atoms with Crippen LogP contribution in [-0.4, -0.2) is 46.0 Å². The Balaban J connectivity index is 2.28. The van der Waals surface area contributed by atoms with E-state index in [0.717, 1.165) is 6.07 Å². The third-order valence-corrected chi connectivity index (χ3v) is 2.59. The lowest BCUT2D eigenvalue weighted by Gasteiger charge is -2.06. The Morgan fingerprint density at radius 2 is 2.24 bits per heavy atom. The van der Waals surface area contributed by atoms with Crippen molar-refractivity contribution in [3.63, 3.8) is 0 Å². The molecule has 9 heteroatoms. The molecule has 9 nitrogen and oxygen atoms in total. The van der Waals surface area contributed by atoms with Crippen molar-refractivity contribution in [1.82, 2.24) is 14.8 Å². The first-order valence-electron chi connectivity index (χ1n) is 5.93. The lowest BCUT2D eigenvalue weighted by atomic mass is 10.1. The molecule has 1 heterocycles. The molecule has 0 spiro atoms. The highest BCUT2D eigenvalue weighted by Gasteiger charge is 2.20. The first-order chi connectivity index (χ1) is 10.1. The first-order valence-corrected chi connectivity index (χ1v) is 5.93. The van der Waals surface area contributed by atoms with Gasteiger partial charge < -0.3 is 9.47 Å². The number of nitrogens with zero attached hydrogens (tertiary/aromatic N) is 4. The van der Waals surface area contributed by atoms with Gasteiger partial charge in [-0.2, -0.15) is 5.10 Å². The summed E-state index contributed by atoms with van der Waals surface area (Å²) in [4.78, 5) is 26.0. The van der Waals surface area contributed by atoms with Crippen LogP contribution in [0.5, 0.6) is 0 Å². The first kappa shape index (κ1) is 14.6. The Morgan fingerprint density at radius 3 is 2.86 bits per heavy atom. The normalized spacial score (nSPS) is 10.3. The van der Waals surface area contributed by atoms with Gasteiger partial charge in [-0.1, -0.05) is 0 Å². The van der Waals surface area contributed by atoms with Crippen molar-refractivity contribution >= 4 is 11.7 Å². The number of carbonyl (C=O) groups is 1. The number of hydrogen-bond donors (Lipinski definition) is 0. The summed E-state index contributed by atoms with van der Waals surface area (Å²) in [5, 5.41) is 15.0. The van der Waals surface area contributed by atoms with Gasteiger partial charge in [-0.25, -0.2) is 14.5 Å². The van der Waals surface area contributed by atoms with E-state index < -0.39 is 10.9 Å². The number of carbonyl (C=O) groups excluding carboxylic acids is 1. The van der Waals surface area contributed by atoms with E-state index in [0.29, 0.717) is 0 Å². The monoisotopic (exact) mass is 292 g/mol. The molecule has 0 atom stereocenters. The molecule has 0 bridgehead atoms. The molecule has 0 aliphatic carbocycles. The molecule has 0 amide bonds. The van der Waals surface area contributed by atoms with E-state index in [1.54, 1.807) is 0 Å². The molecule has 1 aromatic heterocycles. The highest BCUT2D eigenvalue weighted by Crippen LogP contribution is 2.23. The summed E-state index contributed by atoms with van der Waals surface area (Å²) >= 11 is 0. The highest BCUT2D eigenvalue weighted by molar-refractivity contribution is 5.90. The second kappa shape index (κ2) is 6.57. The Labute approximate surface area is 119 Å². The van der Waals surface area contributed by atoms with E-state index in [4.69, 9.17) is 9.47 Å². The lowest BCUT2D eigenvalue weighted by Crippen LogP contribution is -2.11. The maximum absolute atomic E-state index is 11.8. The van der Waals surface area contributed by atoms with Gasteiger partial charge >= 0.3 is 5.97 Å². The number of benzene rings is 1. The van der Waals surface area contributed by atoms with Crippen LogP contribution in [0.15, 0.2) is 30.9 Å². The molecule has 0 unspecified atom stereocenters. The summed E-state index contributed by atoms with van der Waals surface area (Å²) in [6.07, 6.45) is 2.59. The molecule has 0 fully saturated rings. The van der Waals surface area contributed by atoms with Gasteiger partial charge in [-0.3, -0.25) is 10.1 Å². The number of ether oxygens (including phenoxy) is 2. The number of hydrogen-bond acceptors (Lipinski definition) is 7. The molecule has 0 aliphatic heterocycles. The predicted molar refractivity (Wildman–Crippen MR) is 70.2 cm³/mol. The molecular formula is C12H12N4O5. The van der Waals surface area contributed by atoms with Crippen molar-refractivity contribution < 1.29 is 19.2 Å². The molecule has 21 heavy (non-hydrogen) atoms.